The number of nitrogens with one attached hydrogen (secondary N) is 3. The number of quaternary nitrogens is 1. The van der Waals surface area contributed by atoms with E-state index in [9.17, 15) is 14.4 Å². The lowest BCUT2D eigenvalue weighted by Crippen LogP contribution is -3.15. The van der Waals surface area contributed by atoms with Gasteiger partial charge in [-0.2, -0.15) is 0 Å². The van der Waals surface area contributed by atoms with Crippen LogP contribution in [0.2, 0.25) is 0 Å². The molecule has 8 heteroatoms. The second-order valence-electron chi connectivity index (χ2n) is 7.27. The molecule has 0 bridgehead atoms. The van der Waals surface area contributed by atoms with Crippen LogP contribution in [0.3, 0.4) is 0 Å². The molecule has 1 fully saturated rings. The van der Waals surface area contributed by atoms with Crippen molar-refractivity contribution >= 4 is 23.4 Å². The minimum Gasteiger partial charge on any atom is -0.459 e. The average Bonchev–Trinajstić information content (AvgIpc) is 3.25. The number of carbonyl (C=O) groups excluding carboxylic acids is 3. The number of carbonyl (C=O) groups is 3. The third-order valence-electron chi connectivity index (χ3n) is 5.23. The highest BCUT2D eigenvalue weighted by Gasteiger charge is 2.27. The van der Waals surface area contributed by atoms with Crippen molar-refractivity contribution in [3.8, 4) is 0 Å². The van der Waals surface area contributed by atoms with E-state index in [0.29, 0.717) is 31.9 Å². The molecule has 1 aromatic heterocycles. The molecule has 8 nitrogen and oxygen atoms in total. The Kier molecular flexibility index (Phi) is 6.66. The van der Waals surface area contributed by atoms with Gasteiger partial charge in [0.1, 0.15) is 0 Å². The second-order valence-corrected chi connectivity index (χ2v) is 7.27. The van der Waals surface area contributed by atoms with Crippen molar-refractivity contribution in [2.24, 2.45) is 0 Å². The van der Waals surface area contributed by atoms with E-state index in [1.54, 1.807) is 17.0 Å². The SMILES string of the molecule is Cc1cccc(NC(=O)CNC(=O)C[NH+]2CCN(C(=O)c3ccco3)CC2)c1C. The number of aryl methyl sites for hydroxylation is 1. The summed E-state index contributed by atoms with van der Waals surface area (Å²) in [5.74, 6) is -0.222. The van der Waals surface area contributed by atoms with Gasteiger partial charge in [-0.05, 0) is 43.2 Å². The number of anilines is 1. The van der Waals surface area contributed by atoms with Crippen LogP contribution in [-0.4, -0.2) is 61.9 Å². The number of furan rings is 1. The fourth-order valence-electron chi connectivity index (χ4n) is 3.31. The minimum atomic E-state index is -0.254. The van der Waals surface area contributed by atoms with Gasteiger partial charge in [-0.3, -0.25) is 14.4 Å². The summed E-state index contributed by atoms with van der Waals surface area (Å²) in [6, 6.07) is 9.05. The molecule has 2 heterocycles. The van der Waals surface area contributed by atoms with E-state index in [0.717, 1.165) is 21.7 Å². The Morgan fingerprint density at radius 3 is 2.52 bits per heavy atom. The van der Waals surface area contributed by atoms with Gasteiger partial charge in [0.15, 0.2) is 12.3 Å². The summed E-state index contributed by atoms with van der Waals surface area (Å²) in [6.07, 6.45) is 1.48. The molecule has 2 aromatic rings. The Balaban J connectivity index is 1.38. The monoisotopic (exact) mass is 399 g/mol. The van der Waals surface area contributed by atoms with Crippen molar-refractivity contribution < 1.29 is 23.7 Å². The molecule has 0 saturated carbocycles. The molecule has 0 aliphatic carbocycles. The maximum Gasteiger partial charge on any atom is 0.289 e. The summed E-state index contributed by atoms with van der Waals surface area (Å²) in [4.78, 5) is 39.4. The standard InChI is InChI=1S/C21H26N4O4/c1-15-5-3-6-17(16(15)2)23-19(26)13-22-20(27)14-24-8-10-25(11-9-24)21(28)18-7-4-12-29-18/h3-7,12H,8-11,13-14H2,1-2H3,(H,22,27)(H,23,26)/p+1. The van der Waals surface area contributed by atoms with Crippen molar-refractivity contribution in [1.82, 2.24) is 10.2 Å². The highest BCUT2D eigenvalue weighted by Crippen LogP contribution is 2.17. The zero-order valence-corrected chi connectivity index (χ0v) is 16.8. The van der Waals surface area contributed by atoms with Crippen LogP contribution in [0.25, 0.3) is 0 Å². The maximum atomic E-state index is 12.3. The molecule has 29 heavy (non-hydrogen) atoms. The maximum absolute atomic E-state index is 12.3. The zero-order valence-electron chi connectivity index (χ0n) is 16.8. The van der Waals surface area contributed by atoms with E-state index in [-0.39, 0.29) is 30.8 Å². The summed E-state index contributed by atoms with van der Waals surface area (Å²) in [5, 5.41) is 5.50. The predicted molar refractivity (Wildman–Crippen MR) is 108 cm³/mol. The second kappa shape index (κ2) is 9.38. The molecule has 3 amide bonds. The summed E-state index contributed by atoms with van der Waals surface area (Å²) in [6.45, 7) is 6.62. The zero-order chi connectivity index (χ0) is 20.8. The van der Waals surface area contributed by atoms with Crippen molar-refractivity contribution in [1.29, 1.82) is 0 Å². The van der Waals surface area contributed by atoms with Crippen LogP contribution in [0.1, 0.15) is 21.7 Å². The molecule has 3 rings (SSSR count). The molecule has 1 aromatic carbocycles. The van der Waals surface area contributed by atoms with Crippen molar-refractivity contribution in [3.63, 3.8) is 0 Å². The summed E-state index contributed by atoms with van der Waals surface area (Å²) >= 11 is 0. The van der Waals surface area contributed by atoms with Crippen LogP contribution in [-0.2, 0) is 9.59 Å². The molecule has 154 valence electrons. The normalized spacial score (nSPS) is 14.5. The quantitative estimate of drug-likeness (QED) is 0.637. The molecular formula is C21H27N4O4+. The van der Waals surface area contributed by atoms with Crippen LogP contribution in [0.5, 0.6) is 0 Å². The third kappa shape index (κ3) is 5.45. The van der Waals surface area contributed by atoms with Crippen LogP contribution in [0.4, 0.5) is 5.69 Å². The molecule has 0 radical (unpaired) electrons. The van der Waals surface area contributed by atoms with Crippen LogP contribution in [0.15, 0.2) is 41.0 Å². The molecule has 3 N–H and O–H groups in total. The molecule has 1 aliphatic rings. The Morgan fingerprint density at radius 2 is 1.83 bits per heavy atom. The molecule has 0 unspecified atom stereocenters. The smallest absolute Gasteiger partial charge is 0.289 e. The van der Waals surface area contributed by atoms with Gasteiger partial charge in [0.05, 0.1) is 39.0 Å². The average molecular weight is 399 g/mol. The number of benzene rings is 1. The Hall–Kier alpha value is -3.13. The van der Waals surface area contributed by atoms with Gasteiger partial charge in [-0.1, -0.05) is 12.1 Å². The van der Waals surface area contributed by atoms with E-state index in [1.807, 2.05) is 32.0 Å². The summed E-state index contributed by atoms with van der Waals surface area (Å²) in [5.41, 5.74) is 2.87. The number of piperazine rings is 1. The highest BCUT2D eigenvalue weighted by atomic mass is 16.3. The van der Waals surface area contributed by atoms with E-state index in [2.05, 4.69) is 10.6 Å². The molecular weight excluding hydrogens is 372 g/mol. The van der Waals surface area contributed by atoms with Crippen LogP contribution < -0.4 is 15.5 Å². The van der Waals surface area contributed by atoms with Crippen LogP contribution in [0, 0.1) is 13.8 Å². The first kappa shape index (κ1) is 20.6. The topological polar surface area (TPSA) is 96.1 Å². The van der Waals surface area contributed by atoms with Gasteiger partial charge < -0.3 is 24.9 Å². The van der Waals surface area contributed by atoms with Crippen molar-refractivity contribution in [2.75, 3.05) is 44.6 Å². The van der Waals surface area contributed by atoms with E-state index in [4.69, 9.17) is 4.42 Å². The molecule has 1 saturated heterocycles. The van der Waals surface area contributed by atoms with Gasteiger partial charge in [0, 0.05) is 5.69 Å². The lowest BCUT2D eigenvalue weighted by Gasteiger charge is -2.31. The predicted octanol–water partition coefficient (Wildman–Crippen LogP) is -0.00796. The van der Waals surface area contributed by atoms with E-state index >= 15 is 0 Å². The Labute approximate surface area is 169 Å². The summed E-state index contributed by atoms with van der Waals surface area (Å²) in [7, 11) is 0. The van der Waals surface area contributed by atoms with Crippen molar-refractivity contribution in [2.45, 2.75) is 13.8 Å². The fourth-order valence-corrected chi connectivity index (χ4v) is 3.31. The third-order valence-corrected chi connectivity index (χ3v) is 5.23. The number of hydrogen-bond donors (Lipinski definition) is 3. The van der Waals surface area contributed by atoms with E-state index < -0.39 is 0 Å². The number of hydrogen-bond acceptors (Lipinski definition) is 4. The summed E-state index contributed by atoms with van der Waals surface area (Å²) < 4.78 is 5.15. The van der Waals surface area contributed by atoms with Crippen LogP contribution >= 0.6 is 0 Å². The number of amides is 3. The van der Waals surface area contributed by atoms with Gasteiger partial charge in [0.25, 0.3) is 11.8 Å². The first-order chi connectivity index (χ1) is 13.9. The van der Waals surface area contributed by atoms with Crippen molar-refractivity contribution in [3.05, 3.63) is 53.5 Å². The Bertz CT molecular complexity index is 871. The minimum absolute atomic E-state index is 0.0669. The first-order valence-corrected chi connectivity index (χ1v) is 9.73. The van der Waals surface area contributed by atoms with E-state index in [1.165, 1.54) is 6.26 Å². The fraction of sp³-hybridized carbons (Fsp3) is 0.381. The van der Waals surface area contributed by atoms with Gasteiger partial charge in [-0.25, -0.2) is 0 Å². The lowest BCUT2D eigenvalue weighted by atomic mass is 10.1. The lowest BCUT2D eigenvalue weighted by molar-refractivity contribution is -0.896. The van der Waals surface area contributed by atoms with Gasteiger partial charge in [0.2, 0.25) is 5.91 Å². The first-order valence-electron chi connectivity index (χ1n) is 9.73. The van der Waals surface area contributed by atoms with Gasteiger partial charge in [-0.15, -0.1) is 0 Å². The molecule has 1 aliphatic heterocycles. The number of rotatable bonds is 6. The largest absolute Gasteiger partial charge is 0.459 e. The number of nitrogens with zero attached hydrogens (tertiary/aromatic N) is 1. The van der Waals surface area contributed by atoms with Gasteiger partial charge >= 0.3 is 0 Å². The molecule has 0 spiro atoms. The highest BCUT2D eigenvalue weighted by molar-refractivity contribution is 5.95. The Morgan fingerprint density at radius 1 is 1.07 bits per heavy atom. The molecule has 0 atom stereocenters.